The van der Waals surface area contributed by atoms with Crippen LogP contribution in [0.15, 0.2) is 6.33 Å². The minimum atomic E-state index is -0.585. The summed E-state index contributed by atoms with van der Waals surface area (Å²) in [4.78, 5) is 24.7. The first-order valence-corrected chi connectivity index (χ1v) is 11.0. The molecule has 0 saturated heterocycles. The number of aryl methyl sites for hydroxylation is 1. The molecule has 2 heterocycles. The van der Waals surface area contributed by atoms with Gasteiger partial charge in [-0.25, -0.2) is 9.97 Å². The lowest BCUT2D eigenvalue weighted by atomic mass is 9.90. The monoisotopic (exact) mass is 414 g/mol. The maximum absolute atomic E-state index is 11.7. The number of nitrogens with zero attached hydrogens (tertiary/aromatic N) is 3. The molecule has 2 aromatic rings. The molecule has 7 nitrogen and oxygen atoms in total. The molecule has 2 N–H and O–H groups in total. The second kappa shape index (κ2) is 8.57. The van der Waals surface area contributed by atoms with Crippen LogP contribution in [0.5, 0.6) is 5.88 Å². The molecular weight excluding hydrogens is 387 g/mol. The third-order valence-corrected chi connectivity index (χ3v) is 7.47. The predicted molar refractivity (Wildman–Crippen MR) is 113 cm³/mol. The fourth-order valence-electron chi connectivity index (χ4n) is 4.68. The van der Waals surface area contributed by atoms with Crippen LogP contribution >= 0.6 is 11.3 Å². The van der Waals surface area contributed by atoms with Gasteiger partial charge in [-0.1, -0.05) is 0 Å². The molecular formula is C20H27BN4O3S. The molecule has 0 unspecified atom stereocenters. The molecule has 2 atom stereocenters. The van der Waals surface area contributed by atoms with Crippen LogP contribution < -0.4 is 10.5 Å². The Morgan fingerprint density at radius 3 is 2.76 bits per heavy atom. The van der Waals surface area contributed by atoms with E-state index in [0.717, 1.165) is 48.7 Å². The van der Waals surface area contributed by atoms with Crippen molar-refractivity contribution in [1.29, 1.82) is 0 Å². The van der Waals surface area contributed by atoms with Crippen molar-refractivity contribution in [2.45, 2.75) is 69.1 Å². The molecule has 4 rings (SSSR count). The molecule has 1 saturated carbocycles. The second-order valence-corrected chi connectivity index (χ2v) is 9.19. The van der Waals surface area contributed by atoms with Gasteiger partial charge in [0.1, 0.15) is 23.4 Å². The molecule has 1 amide bonds. The van der Waals surface area contributed by atoms with E-state index in [0.29, 0.717) is 18.3 Å². The molecule has 2 radical (unpaired) electrons. The summed E-state index contributed by atoms with van der Waals surface area (Å²) in [5.74, 6) is 0.443. The average Bonchev–Trinajstić information content (AvgIpc) is 3.26. The van der Waals surface area contributed by atoms with Crippen molar-refractivity contribution in [2.75, 3.05) is 14.2 Å². The Balaban J connectivity index is 1.58. The number of rotatable bonds is 7. The standard InChI is InChI=1S/C20H27BN4O3S/c1-25(21)12-4-6-13(7-5-12)28-19-17-16-11(9-14(27-2)18(22)26)3-8-15(16)29-20(17)24-10-23-19/h10-14H,3-9H2,1-2H3,(H2,22,26)/t11-,12?,13?,14+/m1/s1. The first-order chi connectivity index (χ1) is 14.0. The lowest BCUT2D eigenvalue weighted by Crippen LogP contribution is -2.36. The van der Waals surface area contributed by atoms with Gasteiger partial charge in [0, 0.05) is 12.0 Å². The quantitative estimate of drug-likeness (QED) is 0.700. The molecule has 154 valence electrons. The van der Waals surface area contributed by atoms with Gasteiger partial charge >= 0.3 is 0 Å². The number of carbonyl (C=O) groups is 1. The summed E-state index contributed by atoms with van der Waals surface area (Å²) in [5.41, 5.74) is 6.72. The number of ether oxygens (including phenoxy) is 2. The Morgan fingerprint density at radius 2 is 2.10 bits per heavy atom. The maximum Gasteiger partial charge on any atom is 0.246 e. The van der Waals surface area contributed by atoms with Crippen LogP contribution in [0.1, 0.15) is 54.9 Å². The summed E-state index contributed by atoms with van der Waals surface area (Å²) in [6, 6.07) is 0.412. The maximum atomic E-state index is 11.7. The number of thiophene rings is 1. The molecule has 2 aromatic heterocycles. The van der Waals surface area contributed by atoms with Gasteiger partial charge in [-0.15, -0.1) is 11.3 Å². The third-order valence-electron chi connectivity index (χ3n) is 6.29. The van der Waals surface area contributed by atoms with Gasteiger partial charge < -0.3 is 20.0 Å². The highest BCUT2D eigenvalue weighted by molar-refractivity contribution is 7.19. The Bertz CT molecular complexity index is 882. The minimum Gasteiger partial charge on any atom is -0.474 e. The molecule has 0 spiro atoms. The molecule has 2 aliphatic rings. The molecule has 0 aromatic carbocycles. The van der Waals surface area contributed by atoms with Crippen molar-refractivity contribution in [3.8, 4) is 5.88 Å². The summed E-state index contributed by atoms with van der Waals surface area (Å²) in [5, 5.41) is 1.01. The fourth-order valence-corrected chi connectivity index (χ4v) is 5.91. The zero-order valence-electron chi connectivity index (χ0n) is 17.0. The zero-order chi connectivity index (χ0) is 20.5. The van der Waals surface area contributed by atoms with Crippen LogP contribution in [-0.2, 0) is 16.0 Å². The number of nitrogens with two attached hydrogens (primary N) is 1. The SMILES string of the molecule is [B]N(C)C1CCC(Oc2ncnc3sc4c(c23)[C@@H](C[C@H](OC)C(N)=O)CC4)CC1. The van der Waals surface area contributed by atoms with Gasteiger partial charge in [-0.05, 0) is 69.5 Å². The summed E-state index contributed by atoms with van der Waals surface area (Å²) in [6.07, 6.45) is 7.62. The van der Waals surface area contributed by atoms with E-state index in [1.165, 1.54) is 17.6 Å². The van der Waals surface area contributed by atoms with E-state index in [2.05, 4.69) is 9.97 Å². The number of primary amides is 1. The normalized spacial score (nSPS) is 25.3. The van der Waals surface area contributed by atoms with Gasteiger partial charge in [-0.2, -0.15) is 0 Å². The Kier molecular flexibility index (Phi) is 6.08. The highest BCUT2D eigenvalue weighted by Gasteiger charge is 2.34. The van der Waals surface area contributed by atoms with Gasteiger partial charge in [0.15, 0.2) is 7.98 Å². The van der Waals surface area contributed by atoms with E-state index >= 15 is 0 Å². The van der Waals surface area contributed by atoms with Crippen molar-refractivity contribution in [2.24, 2.45) is 5.73 Å². The Labute approximate surface area is 176 Å². The second-order valence-electron chi connectivity index (χ2n) is 8.11. The first kappa shape index (κ1) is 20.6. The van der Waals surface area contributed by atoms with Crippen molar-refractivity contribution in [3.63, 3.8) is 0 Å². The number of aromatic nitrogens is 2. The number of amides is 1. The van der Waals surface area contributed by atoms with Crippen LogP contribution in [-0.4, -0.2) is 61.1 Å². The smallest absolute Gasteiger partial charge is 0.246 e. The zero-order valence-corrected chi connectivity index (χ0v) is 17.8. The summed E-state index contributed by atoms with van der Waals surface area (Å²) >= 11 is 1.70. The molecule has 1 fully saturated rings. The molecule has 0 aliphatic heterocycles. The fraction of sp³-hybridized carbons (Fsp3) is 0.650. The minimum absolute atomic E-state index is 0.136. The average molecular weight is 414 g/mol. The molecule has 2 aliphatic carbocycles. The number of hydrogen-bond donors (Lipinski definition) is 1. The van der Waals surface area contributed by atoms with Crippen molar-refractivity contribution in [1.82, 2.24) is 14.8 Å². The highest BCUT2D eigenvalue weighted by Crippen LogP contribution is 2.48. The molecule has 9 heteroatoms. The van der Waals surface area contributed by atoms with Crippen LogP contribution in [0.3, 0.4) is 0 Å². The lowest BCUT2D eigenvalue weighted by Gasteiger charge is -2.33. The lowest BCUT2D eigenvalue weighted by molar-refractivity contribution is -0.128. The van der Waals surface area contributed by atoms with Crippen LogP contribution in [0, 0.1) is 0 Å². The number of carbonyl (C=O) groups excluding carboxylic acids is 1. The summed E-state index contributed by atoms with van der Waals surface area (Å²) < 4.78 is 11.7. The van der Waals surface area contributed by atoms with E-state index in [1.807, 2.05) is 7.05 Å². The topological polar surface area (TPSA) is 90.6 Å². The number of fused-ring (bicyclic) bond motifs is 3. The first-order valence-electron chi connectivity index (χ1n) is 10.2. The number of methoxy groups -OCH3 is 1. The van der Waals surface area contributed by atoms with Crippen molar-refractivity contribution < 1.29 is 14.3 Å². The van der Waals surface area contributed by atoms with Crippen LogP contribution in [0.25, 0.3) is 10.2 Å². The van der Waals surface area contributed by atoms with Gasteiger partial charge in [-0.3, -0.25) is 4.79 Å². The van der Waals surface area contributed by atoms with Crippen molar-refractivity contribution >= 4 is 35.4 Å². The summed E-state index contributed by atoms with van der Waals surface area (Å²) in [6.45, 7) is 0. The van der Waals surface area contributed by atoms with E-state index in [1.54, 1.807) is 22.5 Å². The highest BCUT2D eigenvalue weighted by atomic mass is 32.1. The molecule has 0 bridgehead atoms. The predicted octanol–water partition coefficient (Wildman–Crippen LogP) is 2.32. The summed E-state index contributed by atoms with van der Waals surface area (Å²) in [7, 11) is 9.36. The van der Waals surface area contributed by atoms with E-state index in [4.69, 9.17) is 23.2 Å². The Morgan fingerprint density at radius 1 is 1.34 bits per heavy atom. The Hall–Kier alpha value is -1.71. The van der Waals surface area contributed by atoms with Crippen LogP contribution in [0.4, 0.5) is 0 Å². The van der Waals surface area contributed by atoms with Gasteiger partial charge in [0.05, 0.1) is 5.39 Å². The third kappa shape index (κ3) is 4.13. The van der Waals surface area contributed by atoms with Crippen molar-refractivity contribution in [3.05, 3.63) is 16.8 Å². The molecule has 29 heavy (non-hydrogen) atoms. The van der Waals surface area contributed by atoms with E-state index in [9.17, 15) is 4.79 Å². The largest absolute Gasteiger partial charge is 0.474 e. The van der Waals surface area contributed by atoms with E-state index < -0.39 is 12.0 Å². The van der Waals surface area contributed by atoms with Gasteiger partial charge in [0.2, 0.25) is 11.8 Å². The number of hydrogen-bond acceptors (Lipinski definition) is 7. The van der Waals surface area contributed by atoms with E-state index in [-0.39, 0.29) is 12.0 Å². The van der Waals surface area contributed by atoms with Crippen LogP contribution in [0.2, 0.25) is 0 Å². The van der Waals surface area contributed by atoms with Gasteiger partial charge in [0.25, 0.3) is 0 Å².